The highest BCUT2D eigenvalue weighted by Crippen LogP contribution is 2.34. The number of allylic oxidation sites excluding steroid dienone is 4. The highest BCUT2D eigenvalue weighted by Gasteiger charge is 2.19. The van der Waals surface area contributed by atoms with Crippen LogP contribution in [-0.4, -0.2) is 30.4 Å². The Morgan fingerprint density at radius 2 is 2.04 bits per heavy atom. The van der Waals surface area contributed by atoms with Gasteiger partial charge in [0.05, 0.1) is 11.4 Å². The molecule has 1 amide bonds. The van der Waals surface area contributed by atoms with Crippen molar-refractivity contribution in [2.45, 2.75) is 13.3 Å². The van der Waals surface area contributed by atoms with E-state index < -0.39 is 5.91 Å². The van der Waals surface area contributed by atoms with Gasteiger partial charge in [0, 0.05) is 41.9 Å². The van der Waals surface area contributed by atoms with Gasteiger partial charge in [-0.15, -0.1) is 0 Å². The van der Waals surface area contributed by atoms with Gasteiger partial charge in [-0.1, -0.05) is 31.2 Å². The number of nitrogen functional groups attached to an aromatic ring is 2. The van der Waals surface area contributed by atoms with E-state index in [1.54, 1.807) is 43.6 Å². The Hall–Kier alpha value is -3.74. The van der Waals surface area contributed by atoms with Gasteiger partial charge in [-0.25, -0.2) is 4.98 Å². The number of carbonyl (C=O) groups is 1. The van der Waals surface area contributed by atoms with Crippen LogP contribution < -0.4 is 17.2 Å². The minimum atomic E-state index is -0.733. The minimum Gasteiger partial charge on any atom is -0.398 e. The number of rotatable bonds is 7. The van der Waals surface area contributed by atoms with Crippen LogP contribution in [0.25, 0.3) is 16.7 Å². The number of nitrogens with one attached hydrogen (secondary N) is 1. The molecular formula is C21H24N6O. The number of aliphatic imine (C=N–C) groups is 1. The summed E-state index contributed by atoms with van der Waals surface area (Å²) in [6, 6.07) is 7.01. The lowest BCUT2D eigenvalue weighted by Crippen LogP contribution is -2.17. The van der Waals surface area contributed by atoms with Crippen LogP contribution in [-0.2, 0) is 0 Å². The maximum Gasteiger partial charge on any atom is 0.269 e. The SMILES string of the molecule is CC/C=C/C(=C\C=NC)c1cc(-c2cccc(N)c2C=N)c(N)c(C(N)=O)n1. The van der Waals surface area contributed by atoms with Gasteiger partial charge in [-0.05, 0) is 30.2 Å². The van der Waals surface area contributed by atoms with Crippen LogP contribution in [0.1, 0.15) is 35.1 Å². The molecule has 28 heavy (non-hydrogen) atoms. The number of carbonyl (C=O) groups excluding carboxylic acids is 1. The molecule has 144 valence electrons. The molecule has 0 saturated heterocycles. The van der Waals surface area contributed by atoms with E-state index in [0.717, 1.165) is 18.2 Å². The lowest BCUT2D eigenvalue weighted by molar-refractivity contribution is 0.0996. The fraction of sp³-hybridized carbons (Fsp3) is 0.143. The highest BCUT2D eigenvalue weighted by molar-refractivity contribution is 6.04. The first-order valence-corrected chi connectivity index (χ1v) is 8.73. The number of nitrogens with zero attached hydrogens (tertiary/aromatic N) is 2. The molecule has 7 N–H and O–H groups in total. The van der Waals surface area contributed by atoms with Crippen molar-refractivity contribution in [3.8, 4) is 11.1 Å². The minimum absolute atomic E-state index is 0.0323. The Morgan fingerprint density at radius 3 is 2.64 bits per heavy atom. The Kier molecular flexibility index (Phi) is 6.81. The number of amides is 1. The molecule has 2 aromatic rings. The molecule has 7 nitrogen and oxygen atoms in total. The Morgan fingerprint density at radius 1 is 1.29 bits per heavy atom. The van der Waals surface area contributed by atoms with Crippen molar-refractivity contribution >= 4 is 35.3 Å². The molecule has 0 spiro atoms. The Balaban J connectivity index is 2.85. The van der Waals surface area contributed by atoms with Crippen molar-refractivity contribution in [3.05, 3.63) is 59.4 Å². The summed E-state index contributed by atoms with van der Waals surface area (Å²) in [7, 11) is 1.66. The van der Waals surface area contributed by atoms with E-state index in [2.05, 4.69) is 9.98 Å². The summed E-state index contributed by atoms with van der Waals surface area (Å²) in [5.41, 5.74) is 21.2. The first-order valence-electron chi connectivity index (χ1n) is 8.73. The molecule has 1 aromatic carbocycles. The van der Waals surface area contributed by atoms with Crippen molar-refractivity contribution in [3.63, 3.8) is 0 Å². The number of primary amides is 1. The Labute approximate surface area is 164 Å². The van der Waals surface area contributed by atoms with E-state index in [0.29, 0.717) is 28.1 Å². The zero-order valence-electron chi connectivity index (χ0n) is 15.9. The standard InChI is InChI=1S/C21H24N6O/c1-3-4-6-13(9-10-26-2)18-11-15(19(24)20(27-18)21(25)28)14-7-5-8-17(23)16(14)12-22/h4-12,22H,3,23-24H2,1-2H3,(H2,25,28)/b6-4+,13-9+,22-12?,26-10?. The Bertz CT molecular complexity index is 989. The summed E-state index contributed by atoms with van der Waals surface area (Å²) in [5, 5.41) is 7.71. The van der Waals surface area contributed by atoms with Crippen molar-refractivity contribution in [2.24, 2.45) is 10.7 Å². The number of aromatic nitrogens is 1. The molecule has 7 heteroatoms. The van der Waals surface area contributed by atoms with Crippen LogP contribution in [0, 0.1) is 5.41 Å². The van der Waals surface area contributed by atoms with E-state index in [4.69, 9.17) is 22.6 Å². The van der Waals surface area contributed by atoms with Crippen molar-refractivity contribution < 1.29 is 4.79 Å². The third-order valence-electron chi connectivity index (χ3n) is 4.10. The lowest BCUT2D eigenvalue weighted by Gasteiger charge is -2.15. The average Bonchev–Trinajstić information content (AvgIpc) is 2.68. The molecule has 1 aromatic heterocycles. The zero-order chi connectivity index (χ0) is 20.7. The second kappa shape index (κ2) is 9.27. The molecule has 0 atom stereocenters. The van der Waals surface area contributed by atoms with Gasteiger partial charge >= 0.3 is 0 Å². The smallest absolute Gasteiger partial charge is 0.269 e. The third kappa shape index (κ3) is 4.32. The molecule has 0 bridgehead atoms. The second-order valence-electron chi connectivity index (χ2n) is 5.97. The molecule has 0 unspecified atom stereocenters. The normalized spacial score (nSPS) is 12.0. The summed E-state index contributed by atoms with van der Waals surface area (Å²) in [6.07, 6.45) is 9.28. The predicted octanol–water partition coefficient (Wildman–Crippen LogP) is 3.06. The number of hydrogen-bond acceptors (Lipinski definition) is 6. The number of benzene rings is 1. The molecule has 0 aliphatic carbocycles. The number of anilines is 2. The maximum atomic E-state index is 12.0. The fourth-order valence-corrected chi connectivity index (χ4v) is 2.72. The molecule has 2 rings (SSSR count). The van der Waals surface area contributed by atoms with Crippen LogP contribution in [0.3, 0.4) is 0 Å². The molecule has 0 saturated carbocycles. The van der Waals surface area contributed by atoms with Gasteiger partial charge in [0.15, 0.2) is 5.69 Å². The van der Waals surface area contributed by atoms with Crippen molar-refractivity contribution in [2.75, 3.05) is 18.5 Å². The maximum absolute atomic E-state index is 12.0. The highest BCUT2D eigenvalue weighted by atomic mass is 16.1. The number of hydrogen-bond donors (Lipinski definition) is 4. The largest absolute Gasteiger partial charge is 0.398 e. The first kappa shape index (κ1) is 20.6. The molecule has 1 heterocycles. The zero-order valence-corrected chi connectivity index (χ0v) is 15.9. The quantitative estimate of drug-likeness (QED) is 0.334. The van der Waals surface area contributed by atoms with Gasteiger partial charge in [-0.2, -0.15) is 0 Å². The summed E-state index contributed by atoms with van der Waals surface area (Å²) < 4.78 is 0. The number of pyridine rings is 1. The monoisotopic (exact) mass is 376 g/mol. The first-order chi connectivity index (χ1) is 13.4. The molecule has 0 aliphatic heterocycles. The van der Waals surface area contributed by atoms with Gasteiger partial charge in [0.25, 0.3) is 5.91 Å². The van der Waals surface area contributed by atoms with E-state index in [-0.39, 0.29) is 11.4 Å². The van der Waals surface area contributed by atoms with E-state index >= 15 is 0 Å². The topological polar surface area (TPSA) is 144 Å². The lowest BCUT2D eigenvalue weighted by atomic mass is 9.95. The fourth-order valence-electron chi connectivity index (χ4n) is 2.72. The van der Waals surface area contributed by atoms with Gasteiger partial charge < -0.3 is 22.6 Å². The second-order valence-corrected chi connectivity index (χ2v) is 5.97. The number of nitrogens with two attached hydrogens (primary N) is 3. The summed E-state index contributed by atoms with van der Waals surface area (Å²) in [6.45, 7) is 2.02. The average molecular weight is 376 g/mol. The molecule has 0 fully saturated rings. The van der Waals surface area contributed by atoms with Crippen LogP contribution >= 0.6 is 0 Å². The van der Waals surface area contributed by atoms with Gasteiger partial charge in [0.1, 0.15) is 0 Å². The van der Waals surface area contributed by atoms with Gasteiger partial charge in [0.2, 0.25) is 0 Å². The van der Waals surface area contributed by atoms with E-state index in [9.17, 15) is 4.79 Å². The van der Waals surface area contributed by atoms with Crippen LogP contribution in [0.4, 0.5) is 11.4 Å². The van der Waals surface area contributed by atoms with E-state index in [1.807, 2.05) is 19.1 Å². The summed E-state index contributed by atoms with van der Waals surface area (Å²) >= 11 is 0. The molecule has 0 aliphatic rings. The van der Waals surface area contributed by atoms with Crippen molar-refractivity contribution in [1.29, 1.82) is 5.41 Å². The van der Waals surface area contributed by atoms with Crippen LogP contribution in [0.2, 0.25) is 0 Å². The molecular weight excluding hydrogens is 352 g/mol. The van der Waals surface area contributed by atoms with Crippen LogP contribution in [0.15, 0.2) is 47.5 Å². The summed E-state index contributed by atoms with van der Waals surface area (Å²) in [4.78, 5) is 20.3. The predicted molar refractivity (Wildman–Crippen MR) is 117 cm³/mol. The third-order valence-corrected chi connectivity index (χ3v) is 4.10. The van der Waals surface area contributed by atoms with Gasteiger partial charge in [-0.3, -0.25) is 9.79 Å². The van der Waals surface area contributed by atoms with Crippen LogP contribution in [0.5, 0.6) is 0 Å². The van der Waals surface area contributed by atoms with E-state index in [1.165, 1.54) is 0 Å². The summed E-state index contributed by atoms with van der Waals surface area (Å²) in [5.74, 6) is -0.733. The van der Waals surface area contributed by atoms with Crippen molar-refractivity contribution in [1.82, 2.24) is 4.98 Å². The molecule has 0 radical (unpaired) electrons.